The predicted molar refractivity (Wildman–Crippen MR) is 96.9 cm³/mol. The smallest absolute Gasteiger partial charge is 0.323 e. The Morgan fingerprint density at radius 1 is 1.04 bits per heavy atom. The summed E-state index contributed by atoms with van der Waals surface area (Å²) in [7, 11) is 0. The third-order valence-electron chi connectivity index (χ3n) is 4.29. The van der Waals surface area contributed by atoms with Crippen LogP contribution in [0.4, 0.5) is 0 Å². The molecule has 0 spiro atoms. The van der Waals surface area contributed by atoms with Crippen LogP contribution < -0.4 is 15.7 Å². The summed E-state index contributed by atoms with van der Waals surface area (Å²) >= 11 is 0. The highest BCUT2D eigenvalue weighted by molar-refractivity contribution is 5.78. The highest BCUT2D eigenvalue weighted by Crippen LogP contribution is 2.25. The number of hydrogen-bond acceptors (Lipinski definition) is 3. The largest absolute Gasteiger partial charge is 0.483 e. The minimum atomic E-state index is -0.242. The summed E-state index contributed by atoms with van der Waals surface area (Å²) in [5.41, 5.74) is 5.32. The molecule has 0 aliphatic carbocycles. The summed E-state index contributed by atoms with van der Waals surface area (Å²) in [5.74, 6) is 0.574. The maximum atomic E-state index is 12.1. The van der Waals surface area contributed by atoms with Crippen LogP contribution in [0.2, 0.25) is 0 Å². The lowest BCUT2D eigenvalue weighted by atomic mass is 10.1. The van der Waals surface area contributed by atoms with Crippen LogP contribution in [0.3, 0.4) is 0 Å². The van der Waals surface area contributed by atoms with Gasteiger partial charge >= 0.3 is 5.69 Å². The van der Waals surface area contributed by atoms with E-state index in [-0.39, 0.29) is 18.2 Å². The van der Waals surface area contributed by atoms with Crippen molar-refractivity contribution in [2.45, 2.75) is 27.3 Å². The molecule has 1 amide bonds. The molecule has 6 nitrogen and oxygen atoms in total. The summed E-state index contributed by atoms with van der Waals surface area (Å²) in [5, 5.41) is 2.83. The molecule has 0 bridgehead atoms. The van der Waals surface area contributed by atoms with Crippen LogP contribution in [-0.4, -0.2) is 22.5 Å². The fourth-order valence-corrected chi connectivity index (χ4v) is 2.73. The zero-order valence-corrected chi connectivity index (χ0v) is 14.5. The number of carbonyl (C=O) groups excluding carboxylic acids is 1. The average molecular weight is 339 g/mol. The number of rotatable bonds is 5. The molecule has 130 valence electrons. The highest BCUT2D eigenvalue weighted by Gasteiger charge is 2.09. The minimum absolute atomic E-state index is 0.0334. The quantitative estimate of drug-likeness (QED) is 0.667. The van der Waals surface area contributed by atoms with Gasteiger partial charge in [-0.05, 0) is 55.2 Å². The van der Waals surface area contributed by atoms with Crippen LogP contribution in [0.15, 0.2) is 35.1 Å². The molecule has 0 unspecified atom stereocenters. The van der Waals surface area contributed by atoms with Gasteiger partial charge in [-0.2, -0.15) is 0 Å². The van der Waals surface area contributed by atoms with Gasteiger partial charge in [-0.3, -0.25) is 4.79 Å². The van der Waals surface area contributed by atoms with Crippen LogP contribution in [0.25, 0.3) is 11.0 Å². The Kier molecular flexibility index (Phi) is 4.61. The Morgan fingerprint density at radius 3 is 2.56 bits per heavy atom. The third-order valence-corrected chi connectivity index (χ3v) is 4.29. The lowest BCUT2D eigenvalue weighted by Gasteiger charge is -2.14. The number of aromatic amines is 2. The molecule has 6 heteroatoms. The Balaban J connectivity index is 1.59. The zero-order chi connectivity index (χ0) is 18.0. The van der Waals surface area contributed by atoms with E-state index in [9.17, 15) is 9.59 Å². The molecule has 0 fully saturated rings. The van der Waals surface area contributed by atoms with Crippen molar-refractivity contribution in [3.05, 3.63) is 63.1 Å². The second-order valence-corrected chi connectivity index (χ2v) is 6.18. The van der Waals surface area contributed by atoms with Crippen LogP contribution in [-0.2, 0) is 11.3 Å². The van der Waals surface area contributed by atoms with E-state index in [1.54, 1.807) is 0 Å². The second kappa shape index (κ2) is 6.84. The molecule has 0 aliphatic heterocycles. The van der Waals surface area contributed by atoms with E-state index in [2.05, 4.69) is 15.3 Å². The fourth-order valence-electron chi connectivity index (χ4n) is 2.73. The Hall–Kier alpha value is -3.02. The Labute approximate surface area is 145 Å². The molecular weight excluding hydrogens is 318 g/mol. The van der Waals surface area contributed by atoms with E-state index >= 15 is 0 Å². The zero-order valence-electron chi connectivity index (χ0n) is 14.5. The molecule has 3 rings (SSSR count). The molecule has 0 saturated heterocycles. The van der Waals surface area contributed by atoms with Gasteiger partial charge in [0, 0.05) is 6.54 Å². The third kappa shape index (κ3) is 3.74. The maximum Gasteiger partial charge on any atom is 0.323 e. The standard InChI is InChI=1S/C19H21N3O3/c1-11-4-5-12(2)18(13(11)3)25-10-17(23)20-9-14-6-7-15-16(8-14)22-19(24)21-15/h4-8H,9-10H2,1-3H3,(H,20,23)(H2,21,22,24). The van der Waals surface area contributed by atoms with Gasteiger partial charge in [0.15, 0.2) is 6.61 Å². The van der Waals surface area contributed by atoms with E-state index < -0.39 is 0 Å². The normalized spacial score (nSPS) is 10.8. The van der Waals surface area contributed by atoms with Crippen molar-refractivity contribution in [1.29, 1.82) is 0 Å². The highest BCUT2D eigenvalue weighted by atomic mass is 16.5. The van der Waals surface area contributed by atoms with Crippen LogP contribution in [0, 0.1) is 20.8 Å². The van der Waals surface area contributed by atoms with Gasteiger partial charge in [-0.25, -0.2) is 4.79 Å². The summed E-state index contributed by atoms with van der Waals surface area (Å²) in [6.07, 6.45) is 0. The lowest BCUT2D eigenvalue weighted by molar-refractivity contribution is -0.123. The lowest BCUT2D eigenvalue weighted by Crippen LogP contribution is -2.28. The van der Waals surface area contributed by atoms with Gasteiger partial charge in [-0.15, -0.1) is 0 Å². The van der Waals surface area contributed by atoms with Crippen molar-refractivity contribution < 1.29 is 9.53 Å². The van der Waals surface area contributed by atoms with Gasteiger partial charge in [0.05, 0.1) is 11.0 Å². The van der Waals surface area contributed by atoms with Crippen LogP contribution in [0.5, 0.6) is 5.75 Å². The second-order valence-electron chi connectivity index (χ2n) is 6.18. The Morgan fingerprint density at radius 2 is 1.76 bits per heavy atom. The summed E-state index contributed by atoms with van der Waals surface area (Å²) in [6, 6.07) is 9.54. The first-order valence-corrected chi connectivity index (χ1v) is 8.11. The van der Waals surface area contributed by atoms with E-state index in [0.717, 1.165) is 39.0 Å². The fraction of sp³-hybridized carbons (Fsp3) is 0.263. The van der Waals surface area contributed by atoms with Gasteiger partial charge in [0.2, 0.25) is 0 Å². The number of fused-ring (bicyclic) bond motifs is 1. The molecule has 1 heterocycles. The number of H-pyrrole nitrogens is 2. The average Bonchev–Trinajstić information content (AvgIpc) is 2.95. The molecule has 0 aliphatic rings. The Bertz CT molecular complexity index is 985. The molecule has 25 heavy (non-hydrogen) atoms. The topological polar surface area (TPSA) is 87.0 Å². The molecule has 2 aromatic carbocycles. The van der Waals surface area contributed by atoms with E-state index in [4.69, 9.17) is 4.74 Å². The first-order chi connectivity index (χ1) is 11.9. The number of aromatic nitrogens is 2. The molecule has 0 radical (unpaired) electrons. The molecule has 3 N–H and O–H groups in total. The maximum absolute atomic E-state index is 12.1. The minimum Gasteiger partial charge on any atom is -0.483 e. The number of amides is 1. The van der Waals surface area contributed by atoms with E-state index in [0.29, 0.717) is 6.54 Å². The van der Waals surface area contributed by atoms with Crippen molar-refractivity contribution in [2.24, 2.45) is 0 Å². The summed E-state index contributed by atoms with van der Waals surface area (Å²) in [6.45, 7) is 6.31. The van der Waals surface area contributed by atoms with Crippen molar-refractivity contribution in [1.82, 2.24) is 15.3 Å². The number of carbonyl (C=O) groups is 1. The monoisotopic (exact) mass is 339 g/mol. The van der Waals surface area contributed by atoms with E-state index in [1.165, 1.54) is 0 Å². The van der Waals surface area contributed by atoms with Gasteiger partial charge in [0.25, 0.3) is 5.91 Å². The SMILES string of the molecule is Cc1ccc(C)c(OCC(=O)NCc2ccc3[nH]c(=O)[nH]c3c2)c1C. The number of aryl methyl sites for hydroxylation is 2. The summed E-state index contributed by atoms with van der Waals surface area (Å²) in [4.78, 5) is 28.7. The first-order valence-electron chi connectivity index (χ1n) is 8.11. The van der Waals surface area contributed by atoms with E-state index in [1.807, 2.05) is 51.1 Å². The predicted octanol–water partition coefficient (Wildman–Crippen LogP) is 2.48. The number of ether oxygens (including phenoxy) is 1. The van der Waals surface area contributed by atoms with Crippen molar-refractivity contribution in [2.75, 3.05) is 6.61 Å². The molecule has 0 atom stereocenters. The van der Waals surface area contributed by atoms with Crippen LogP contribution >= 0.6 is 0 Å². The van der Waals surface area contributed by atoms with Gasteiger partial charge < -0.3 is 20.0 Å². The molecule has 0 saturated carbocycles. The molecule has 1 aromatic heterocycles. The number of benzene rings is 2. The molecule has 3 aromatic rings. The van der Waals surface area contributed by atoms with Crippen LogP contribution in [0.1, 0.15) is 22.3 Å². The van der Waals surface area contributed by atoms with Crippen molar-refractivity contribution in [3.63, 3.8) is 0 Å². The van der Waals surface area contributed by atoms with Crippen molar-refractivity contribution >= 4 is 16.9 Å². The summed E-state index contributed by atoms with van der Waals surface area (Å²) < 4.78 is 5.71. The van der Waals surface area contributed by atoms with Gasteiger partial charge in [0.1, 0.15) is 5.75 Å². The number of hydrogen-bond donors (Lipinski definition) is 3. The van der Waals surface area contributed by atoms with Crippen molar-refractivity contribution in [3.8, 4) is 5.75 Å². The molecular formula is C19H21N3O3. The first kappa shape index (κ1) is 16.8. The number of nitrogens with one attached hydrogen (secondary N) is 3. The van der Waals surface area contributed by atoms with Gasteiger partial charge in [-0.1, -0.05) is 18.2 Å². The number of imidazole rings is 1.